The van der Waals surface area contributed by atoms with Crippen LogP contribution in [0.1, 0.15) is 5.56 Å². The van der Waals surface area contributed by atoms with Gasteiger partial charge in [0.2, 0.25) is 0 Å². The van der Waals surface area contributed by atoms with E-state index in [1.54, 1.807) is 0 Å². The number of pyridine rings is 1. The third-order valence-corrected chi connectivity index (χ3v) is 3.50. The largest absolute Gasteiger partial charge is 0.330 e. The van der Waals surface area contributed by atoms with E-state index in [0.29, 0.717) is 5.92 Å². The zero-order chi connectivity index (χ0) is 11.7. The van der Waals surface area contributed by atoms with Crippen LogP contribution >= 0.6 is 0 Å². The molecular weight excluding hydrogens is 210 g/mol. The Labute approximate surface area is 101 Å². The number of nitrogens with two attached hydrogens (primary N) is 1. The van der Waals surface area contributed by atoms with Crippen LogP contribution in [0, 0.1) is 5.92 Å². The molecule has 88 valence electrons. The van der Waals surface area contributed by atoms with Gasteiger partial charge in [0.25, 0.3) is 0 Å². The molecule has 0 unspecified atom stereocenters. The zero-order valence-electron chi connectivity index (χ0n) is 9.84. The monoisotopic (exact) mass is 227 g/mol. The van der Waals surface area contributed by atoms with Gasteiger partial charge in [-0.15, -0.1) is 0 Å². The van der Waals surface area contributed by atoms with Gasteiger partial charge in [0.1, 0.15) is 0 Å². The number of para-hydroxylation sites is 1. The molecule has 2 aromatic rings. The van der Waals surface area contributed by atoms with Crippen molar-refractivity contribution in [1.29, 1.82) is 0 Å². The standard InChI is InChI=1S/C14H17N3/c15-7-11-8-17(9-11)10-12-5-6-16-14-4-2-1-3-13(12)14/h1-6,11H,7-10,15H2. The van der Waals surface area contributed by atoms with Crippen LogP contribution in [0.4, 0.5) is 0 Å². The topological polar surface area (TPSA) is 42.1 Å². The van der Waals surface area contributed by atoms with E-state index >= 15 is 0 Å². The lowest BCUT2D eigenvalue weighted by atomic mass is 9.99. The van der Waals surface area contributed by atoms with E-state index in [1.165, 1.54) is 10.9 Å². The molecule has 3 rings (SSSR count). The average Bonchev–Trinajstić information content (AvgIpc) is 2.33. The van der Waals surface area contributed by atoms with Gasteiger partial charge < -0.3 is 5.73 Å². The Morgan fingerprint density at radius 2 is 2.06 bits per heavy atom. The molecule has 0 bridgehead atoms. The Bertz CT molecular complexity index is 512. The second-order valence-electron chi connectivity index (χ2n) is 4.78. The maximum atomic E-state index is 5.64. The fraction of sp³-hybridized carbons (Fsp3) is 0.357. The maximum absolute atomic E-state index is 5.64. The van der Waals surface area contributed by atoms with Crippen molar-refractivity contribution in [2.75, 3.05) is 19.6 Å². The van der Waals surface area contributed by atoms with Crippen molar-refractivity contribution >= 4 is 10.9 Å². The number of nitrogens with zero attached hydrogens (tertiary/aromatic N) is 2. The molecule has 0 radical (unpaired) electrons. The second kappa shape index (κ2) is 4.43. The zero-order valence-corrected chi connectivity index (χ0v) is 9.84. The summed E-state index contributed by atoms with van der Waals surface area (Å²) >= 11 is 0. The summed E-state index contributed by atoms with van der Waals surface area (Å²) in [5.41, 5.74) is 8.09. The number of hydrogen-bond donors (Lipinski definition) is 1. The van der Waals surface area contributed by atoms with Crippen LogP contribution in [0.3, 0.4) is 0 Å². The van der Waals surface area contributed by atoms with Crippen molar-refractivity contribution in [2.24, 2.45) is 11.7 Å². The highest BCUT2D eigenvalue weighted by Crippen LogP contribution is 2.22. The predicted octanol–water partition coefficient (Wildman–Crippen LogP) is 1.63. The first-order valence-corrected chi connectivity index (χ1v) is 6.12. The van der Waals surface area contributed by atoms with Gasteiger partial charge in [0, 0.05) is 31.2 Å². The number of rotatable bonds is 3. The van der Waals surface area contributed by atoms with Gasteiger partial charge in [-0.2, -0.15) is 0 Å². The molecule has 0 saturated carbocycles. The van der Waals surface area contributed by atoms with E-state index in [1.807, 2.05) is 12.3 Å². The van der Waals surface area contributed by atoms with Crippen molar-refractivity contribution in [2.45, 2.75) is 6.54 Å². The Balaban J connectivity index is 1.81. The van der Waals surface area contributed by atoms with Crippen molar-refractivity contribution in [3.05, 3.63) is 42.1 Å². The molecule has 1 fully saturated rings. The van der Waals surface area contributed by atoms with Crippen molar-refractivity contribution in [3.63, 3.8) is 0 Å². The Hall–Kier alpha value is -1.45. The first-order valence-electron chi connectivity index (χ1n) is 6.12. The average molecular weight is 227 g/mol. The van der Waals surface area contributed by atoms with Crippen molar-refractivity contribution in [1.82, 2.24) is 9.88 Å². The predicted molar refractivity (Wildman–Crippen MR) is 69.6 cm³/mol. The van der Waals surface area contributed by atoms with Gasteiger partial charge in [-0.25, -0.2) is 0 Å². The molecule has 1 saturated heterocycles. The number of aromatic nitrogens is 1. The molecule has 1 aliphatic rings. The molecule has 2 N–H and O–H groups in total. The van der Waals surface area contributed by atoms with Crippen LogP contribution in [0.2, 0.25) is 0 Å². The molecule has 0 spiro atoms. The van der Waals surface area contributed by atoms with Crippen LogP contribution in [0.25, 0.3) is 10.9 Å². The lowest BCUT2D eigenvalue weighted by Crippen LogP contribution is -2.49. The highest BCUT2D eigenvalue weighted by Gasteiger charge is 2.25. The van der Waals surface area contributed by atoms with Gasteiger partial charge in [-0.1, -0.05) is 18.2 Å². The molecule has 1 aromatic carbocycles. The third-order valence-electron chi connectivity index (χ3n) is 3.50. The fourth-order valence-corrected chi connectivity index (χ4v) is 2.49. The van der Waals surface area contributed by atoms with E-state index in [-0.39, 0.29) is 0 Å². The van der Waals surface area contributed by atoms with Crippen molar-refractivity contribution < 1.29 is 0 Å². The highest BCUT2D eigenvalue weighted by atomic mass is 15.2. The number of hydrogen-bond acceptors (Lipinski definition) is 3. The molecule has 3 nitrogen and oxygen atoms in total. The molecule has 17 heavy (non-hydrogen) atoms. The highest BCUT2D eigenvalue weighted by molar-refractivity contribution is 5.81. The third kappa shape index (κ3) is 2.04. The van der Waals surface area contributed by atoms with Crippen LogP contribution in [-0.4, -0.2) is 29.5 Å². The van der Waals surface area contributed by atoms with E-state index in [9.17, 15) is 0 Å². The summed E-state index contributed by atoms with van der Waals surface area (Å²) in [5, 5.41) is 1.27. The van der Waals surface area contributed by atoms with Gasteiger partial charge >= 0.3 is 0 Å². The summed E-state index contributed by atoms with van der Waals surface area (Å²) in [6.45, 7) is 4.09. The second-order valence-corrected chi connectivity index (χ2v) is 4.78. The summed E-state index contributed by atoms with van der Waals surface area (Å²) in [5.74, 6) is 0.697. The number of benzene rings is 1. The molecule has 0 amide bonds. The number of likely N-dealkylation sites (tertiary alicyclic amines) is 1. The Kier molecular flexibility index (Phi) is 2.79. The first kappa shape index (κ1) is 10.7. The molecule has 0 aliphatic carbocycles. The molecule has 1 aromatic heterocycles. The van der Waals surface area contributed by atoms with Crippen molar-refractivity contribution in [3.8, 4) is 0 Å². The first-order chi connectivity index (χ1) is 8.36. The minimum Gasteiger partial charge on any atom is -0.330 e. The number of fused-ring (bicyclic) bond motifs is 1. The van der Waals surface area contributed by atoms with Crippen LogP contribution in [0.15, 0.2) is 36.5 Å². The molecular formula is C14H17N3. The minimum atomic E-state index is 0.697. The summed E-state index contributed by atoms with van der Waals surface area (Å²) in [6, 6.07) is 10.5. The summed E-state index contributed by atoms with van der Waals surface area (Å²) in [6.07, 6.45) is 1.90. The summed E-state index contributed by atoms with van der Waals surface area (Å²) in [4.78, 5) is 6.83. The quantitative estimate of drug-likeness (QED) is 0.866. The van der Waals surface area contributed by atoms with Gasteiger partial charge in [-0.05, 0) is 30.2 Å². The molecule has 1 aliphatic heterocycles. The van der Waals surface area contributed by atoms with E-state index in [2.05, 4.69) is 34.1 Å². The van der Waals surface area contributed by atoms with E-state index in [4.69, 9.17) is 5.73 Å². The van der Waals surface area contributed by atoms with Gasteiger partial charge in [0.15, 0.2) is 0 Å². The fourth-order valence-electron chi connectivity index (χ4n) is 2.49. The SMILES string of the molecule is NCC1CN(Cc2ccnc3ccccc23)C1. The smallest absolute Gasteiger partial charge is 0.0705 e. The Morgan fingerprint density at radius 3 is 2.88 bits per heavy atom. The molecule has 2 heterocycles. The van der Waals surface area contributed by atoms with Gasteiger partial charge in [0.05, 0.1) is 5.52 Å². The normalized spacial score (nSPS) is 17.2. The summed E-state index contributed by atoms with van der Waals surface area (Å²) < 4.78 is 0. The summed E-state index contributed by atoms with van der Waals surface area (Å²) in [7, 11) is 0. The molecule has 0 atom stereocenters. The minimum absolute atomic E-state index is 0.697. The lowest BCUT2D eigenvalue weighted by Gasteiger charge is -2.38. The van der Waals surface area contributed by atoms with Crippen LogP contribution < -0.4 is 5.73 Å². The van der Waals surface area contributed by atoms with Gasteiger partial charge in [-0.3, -0.25) is 9.88 Å². The Morgan fingerprint density at radius 1 is 1.24 bits per heavy atom. The maximum Gasteiger partial charge on any atom is 0.0705 e. The lowest BCUT2D eigenvalue weighted by molar-refractivity contribution is 0.0984. The van der Waals surface area contributed by atoms with Crippen LogP contribution in [0.5, 0.6) is 0 Å². The van der Waals surface area contributed by atoms with Crippen LogP contribution in [-0.2, 0) is 6.54 Å². The van der Waals surface area contributed by atoms with E-state index in [0.717, 1.165) is 31.7 Å². The van der Waals surface area contributed by atoms with E-state index < -0.39 is 0 Å². The molecule has 3 heteroatoms.